The van der Waals surface area contributed by atoms with E-state index in [2.05, 4.69) is 25.3 Å². The van der Waals surface area contributed by atoms with Gasteiger partial charge in [0.05, 0.1) is 0 Å². The highest BCUT2D eigenvalue weighted by Gasteiger charge is 2.20. The average molecular weight is 295 g/mol. The minimum absolute atomic E-state index is 0.925. The van der Waals surface area contributed by atoms with E-state index in [0.717, 1.165) is 6.04 Å². The summed E-state index contributed by atoms with van der Waals surface area (Å²) in [5.41, 5.74) is 0. The summed E-state index contributed by atoms with van der Waals surface area (Å²) in [6.07, 6.45) is 18.7. The summed E-state index contributed by atoms with van der Waals surface area (Å²) in [7, 11) is 0. The van der Waals surface area contributed by atoms with Crippen molar-refractivity contribution in [3.63, 3.8) is 0 Å². The second-order valence-electron chi connectivity index (χ2n) is 6.45. The van der Waals surface area contributed by atoms with Crippen molar-refractivity contribution in [1.82, 2.24) is 4.90 Å². The van der Waals surface area contributed by atoms with Crippen LogP contribution in [-0.2, 0) is 0 Å². The maximum absolute atomic E-state index is 6.50. The Bertz CT molecular complexity index is 225. The predicted octanol–water partition coefficient (Wildman–Crippen LogP) is 5.92. The van der Waals surface area contributed by atoms with Crippen molar-refractivity contribution >= 4 is 0 Å². The predicted molar refractivity (Wildman–Crippen MR) is 93.4 cm³/mol. The minimum atomic E-state index is 0.925. The lowest BCUT2D eigenvalue weighted by atomic mass is 9.97. The minimum Gasteiger partial charge on any atom is -0.300 e. The Morgan fingerprint density at radius 3 is 2.14 bits per heavy atom. The maximum Gasteiger partial charge on any atom is 0.0462 e. The molecule has 0 aromatic heterocycles. The van der Waals surface area contributed by atoms with E-state index >= 15 is 0 Å². The van der Waals surface area contributed by atoms with Crippen LogP contribution in [-0.4, -0.2) is 24.0 Å². The molecule has 1 heterocycles. The number of likely N-dealkylation sites (tertiary alicyclic amines) is 1. The SMILES string of the molecule is C#N.CCCCCCCCCN1CCCCC1CCCC. The Morgan fingerprint density at radius 1 is 0.857 bits per heavy atom. The zero-order valence-electron chi connectivity index (χ0n) is 14.7. The van der Waals surface area contributed by atoms with Gasteiger partial charge in [0.2, 0.25) is 0 Å². The lowest BCUT2D eigenvalue weighted by molar-refractivity contribution is 0.135. The number of hydrogen-bond acceptors (Lipinski definition) is 2. The van der Waals surface area contributed by atoms with Gasteiger partial charge in [-0.1, -0.05) is 71.6 Å². The Morgan fingerprint density at radius 2 is 1.48 bits per heavy atom. The Hall–Kier alpha value is -0.550. The summed E-state index contributed by atoms with van der Waals surface area (Å²) in [5, 5.41) is 6.50. The molecule has 0 amide bonds. The highest BCUT2D eigenvalue weighted by Crippen LogP contribution is 2.22. The second-order valence-corrected chi connectivity index (χ2v) is 6.45. The van der Waals surface area contributed by atoms with Gasteiger partial charge in [0.25, 0.3) is 0 Å². The van der Waals surface area contributed by atoms with Crippen LogP contribution < -0.4 is 0 Å². The summed E-state index contributed by atoms with van der Waals surface area (Å²) in [6, 6.07) is 0.925. The van der Waals surface area contributed by atoms with Gasteiger partial charge in [0.1, 0.15) is 0 Å². The van der Waals surface area contributed by atoms with Crippen LogP contribution in [0.4, 0.5) is 0 Å². The number of nitriles is 1. The second kappa shape index (κ2) is 15.8. The van der Waals surface area contributed by atoms with Crippen molar-refractivity contribution in [2.24, 2.45) is 0 Å². The molecule has 1 fully saturated rings. The lowest BCUT2D eigenvalue weighted by Crippen LogP contribution is -2.40. The summed E-state index contributed by atoms with van der Waals surface area (Å²) in [6.45, 7) is 10.9. The molecule has 0 aromatic rings. The molecule has 0 radical (unpaired) electrons. The molecule has 124 valence electrons. The molecule has 1 atom stereocenters. The fourth-order valence-electron chi connectivity index (χ4n) is 3.39. The molecule has 0 spiro atoms. The molecule has 0 aliphatic carbocycles. The van der Waals surface area contributed by atoms with E-state index in [9.17, 15) is 0 Å². The van der Waals surface area contributed by atoms with E-state index in [-0.39, 0.29) is 0 Å². The van der Waals surface area contributed by atoms with Crippen molar-refractivity contribution in [1.29, 1.82) is 5.26 Å². The van der Waals surface area contributed by atoms with Gasteiger partial charge in [-0.25, -0.2) is 5.26 Å². The molecule has 1 saturated heterocycles. The molecule has 0 saturated carbocycles. The van der Waals surface area contributed by atoms with Crippen LogP contribution in [0.5, 0.6) is 0 Å². The first-order valence-corrected chi connectivity index (χ1v) is 9.38. The normalized spacial score (nSPS) is 19.0. The number of unbranched alkanes of at least 4 members (excludes halogenated alkanes) is 7. The molecule has 2 heteroatoms. The van der Waals surface area contributed by atoms with Gasteiger partial charge in [-0.05, 0) is 38.8 Å². The van der Waals surface area contributed by atoms with E-state index in [1.54, 1.807) is 0 Å². The van der Waals surface area contributed by atoms with Crippen molar-refractivity contribution in [3.8, 4) is 6.57 Å². The molecule has 1 unspecified atom stereocenters. The lowest BCUT2D eigenvalue weighted by Gasteiger charge is -2.36. The van der Waals surface area contributed by atoms with E-state index in [0.29, 0.717) is 0 Å². The van der Waals surface area contributed by atoms with E-state index in [4.69, 9.17) is 5.26 Å². The van der Waals surface area contributed by atoms with Crippen LogP contribution in [0.25, 0.3) is 0 Å². The molecule has 0 N–H and O–H groups in total. The Kier molecular flexibility index (Phi) is 15.4. The Balaban J connectivity index is 0.00000191. The zero-order chi connectivity index (χ0) is 15.8. The van der Waals surface area contributed by atoms with Crippen LogP contribution in [0.2, 0.25) is 0 Å². The Labute approximate surface area is 133 Å². The van der Waals surface area contributed by atoms with Crippen LogP contribution in [0, 0.1) is 11.8 Å². The molecule has 1 aliphatic rings. The fourth-order valence-corrected chi connectivity index (χ4v) is 3.39. The summed E-state index contributed by atoms with van der Waals surface area (Å²) in [4.78, 5) is 2.81. The van der Waals surface area contributed by atoms with Gasteiger partial charge in [-0.2, -0.15) is 0 Å². The molecular weight excluding hydrogens is 256 g/mol. The van der Waals surface area contributed by atoms with Crippen molar-refractivity contribution in [2.45, 2.75) is 103 Å². The van der Waals surface area contributed by atoms with Crippen LogP contribution in [0.1, 0.15) is 97.3 Å². The molecular formula is C19H38N2. The van der Waals surface area contributed by atoms with Gasteiger partial charge in [0, 0.05) is 12.6 Å². The molecule has 21 heavy (non-hydrogen) atoms. The highest BCUT2D eigenvalue weighted by molar-refractivity contribution is 4.76. The first-order valence-electron chi connectivity index (χ1n) is 9.38. The quantitative estimate of drug-likeness (QED) is 0.442. The maximum atomic E-state index is 6.50. The van der Waals surface area contributed by atoms with Crippen LogP contribution >= 0.6 is 0 Å². The summed E-state index contributed by atoms with van der Waals surface area (Å²) < 4.78 is 0. The third kappa shape index (κ3) is 10.8. The van der Waals surface area contributed by atoms with Gasteiger partial charge in [-0.15, -0.1) is 0 Å². The van der Waals surface area contributed by atoms with Gasteiger partial charge in [0.15, 0.2) is 0 Å². The third-order valence-corrected chi connectivity index (χ3v) is 4.69. The van der Waals surface area contributed by atoms with Crippen LogP contribution in [0.15, 0.2) is 0 Å². The van der Waals surface area contributed by atoms with E-state index < -0.39 is 0 Å². The monoisotopic (exact) mass is 294 g/mol. The van der Waals surface area contributed by atoms with E-state index in [1.807, 2.05) is 0 Å². The fraction of sp³-hybridized carbons (Fsp3) is 0.947. The molecule has 1 aliphatic heterocycles. The smallest absolute Gasteiger partial charge is 0.0462 e. The topological polar surface area (TPSA) is 27.0 Å². The van der Waals surface area contributed by atoms with Crippen LogP contribution in [0.3, 0.4) is 0 Å². The van der Waals surface area contributed by atoms with E-state index in [1.165, 1.54) is 96.6 Å². The first-order chi connectivity index (χ1) is 10.4. The standard InChI is InChI=1S/C18H37N.CHN/c1-3-5-7-8-9-10-12-16-19-17-13-11-15-18(19)14-6-4-2;1-2/h18H,3-17H2,1-2H3;1H. The zero-order valence-corrected chi connectivity index (χ0v) is 14.7. The van der Waals surface area contributed by atoms with Gasteiger partial charge < -0.3 is 4.90 Å². The summed E-state index contributed by atoms with van der Waals surface area (Å²) in [5.74, 6) is 0. The highest BCUT2D eigenvalue weighted by atomic mass is 15.2. The van der Waals surface area contributed by atoms with Crippen molar-refractivity contribution < 1.29 is 0 Å². The number of nitrogens with zero attached hydrogens (tertiary/aromatic N) is 2. The average Bonchev–Trinajstić information content (AvgIpc) is 2.55. The third-order valence-electron chi connectivity index (χ3n) is 4.69. The molecule has 2 nitrogen and oxygen atoms in total. The molecule has 1 rings (SSSR count). The number of rotatable bonds is 11. The van der Waals surface area contributed by atoms with Crippen molar-refractivity contribution in [2.75, 3.05) is 13.1 Å². The van der Waals surface area contributed by atoms with Gasteiger partial charge >= 0.3 is 0 Å². The summed E-state index contributed by atoms with van der Waals surface area (Å²) >= 11 is 0. The number of hydrogen-bond donors (Lipinski definition) is 0. The molecule has 0 bridgehead atoms. The van der Waals surface area contributed by atoms with Gasteiger partial charge in [-0.3, -0.25) is 0 Å². The largest absolute Gasteiger partial charge is 0.300 e. The van der Waals surface area contributed by atoms with Crippen molar-refractivity contribution in [3.05, 3.63) is 0 Å². The first kappa shape index (κ1) is 20.5. The number of piperidine rings is 1. The molecule has 0 aromatic carbocycles.